The molecular formula is C19H25N3O. The monoisotopic (exact) mass is 311 g/mol. The molecule has 4 nitrogen and oxygen atoms in total. The number of carbonyl (C=O) groups is 1. The molecule has 4 aliphatic rings. The first-order valence-corrected chi connectivity index (χ1v) is 8.83. The van der Waals surface area contributed by atoms with Crippen molar-refractivity contribution in [1.29, 1.82) is 0 Å². The highest BCUT2D eigenvalue weighted by Gasteiger charge is 2.31. The van der Waals surface area contributed by atoms with Crippen molar-refractivity contribution in [1.82, 2.24) is 10.6 Å². The van der Waals surface area contributed by atoms with Gasteiger partial charge in [-0.25, -0.2) is 4.79 Å². The Morgan fingerprint density at radius 3 is 2.96 bits per heavy atom. The lowest BCUT2D eigenvalue weighted by atomic mass is 9.69. The third-order valence-electron chi connectivity index (χ3n) is 5.59. The largest absolute Gasteiger partial charge is 0.338 e. The maximum atomic E-state index is 12.2. The van der Waals surface area contributed by atoms with Gasteiger partial charge in [-0.15, -0.1) is 0 Å². The van der Waals surface area contributed by atoms with Crippen molar-refractivity contribution in [2.75, 3.05) is 18.4 Å². The van der Waals surface area contributed by atoms with Gasteiger partial charge in [0.25, 0.3) is 0 Å². The fourth-order valence-corrected chi connectivity index (χ4v) is 4.24. The van der Waals surface area contributed by atoms with Crippen LogP contribution in [0, 0.1) is 17.8 Å². The van der Waals surface area contributed by atoms with E-state index in [1.54, 1.807) is 0 Å². The molecule has 1 aromatic carbocycles. The topological polar surface area (TPSA) is 53.2 Å². The molecule has 0 aromatic heterocycles. The number of allylic oxidation sites excluding steroid dienone is 2. The molecule has 4 heteroatoms. The van der Waals surface area contributed by atoms with Crippen LogP contribution in [0.25, 0.3) is 0 Å². The van der Waals surface area contributed by atoms with Crippen molar-refractivity contribution in [3.8, 4) is 0 Å². The van der Waals surface area contributed by atoms with E-state index >= 15 is 0 Å². The Labute approximate surface area is 137 Å². The summed E-state index contributed by atoms with van der Waals surface area (Å²) < 4.78 is 0. The molecule has 0 spiro atoms. The van der Waals surface area contributed by atoms with Crippen molar-refractivity contribution < 1.29 is 4.79 Å². The highest BCUT2D eigenvalue weighted by molar-refractivity contribution is 5.89. The molecule has 3 aliphatic carbocycles. The highest BCUT2D eigenvalue weighted by atomic mass is 16.2. The Morgan fingerprint density at radius 2 is 2.17 bits per heavy atom. The maximum absolute atomic E-state index is 12.2. The Hall–Kier alpha value is -1.81. The van der Waals surface area contributed by atoms with Gasteiger partial charge in [0.2, 0.25) is 0 Å². The predicted octanol–water partition coefficient (Wildman–Crippen LogP) is 3.06. The van der Waals surface area contributed by atoms with E-state index < -0.39 is 0 Å². The third kappa shape index (κ3) is 3.27. The fraction of sp³-hybridized carbons (Fsp3) is 0.526. The molecule has 1 aliphatic heterocycles. The molecule has 122 valence electrons. The lowest BCUT2D eigenvalue weighted by molar-refractivity contribution is 0.211. The molecule has 1 fully saturated rings. The van der Waals surface area contributed by atoms with Gasteiger partial charge in [0.1, 0.15) is 0 Å². The SMILES string of the molecule is O=C(NCC1CC2C=CC1CC2)Nc1ccc2c(c1)CNCC2. The molecule has 3 atom stereocenters. The van der Waals surface area contributed by atoms with E-state index in [0.29, 0.717) is 11.8 Å². The summed E-state index contributed by atoms with van der Waals surface area (Å²) in [6.07, 6.45) is 9.63. The van der Waals surface area contributed by atoms with Crippen LogP contribution in [0.2, 0.25) is 0 Å². The molecular weight excluding hydrogens is 286 g/mol. The van der Waals surface area contributed by atoms with Gasteiger partial charge in [0.05, 0.1) is 0 Å². The summed E-state index contributed by atoms with van der Waals surface area (Å²) in [5.41, 5.74) is 3.57. The normalized spacial score (nSPS) is 28.3. The first-order valence-electron chi connectivity index (χ1n) is 8.83. The Morgan fingerprint density at radius 1 is 1.22 bits per heavy atom. The minimum Gasteiger partial charge on any atom is -0.338 e. The van der Waals surface area contributed by atoms with Crippen molar-refractivity contribution in [3.05, 3.63) is 41.5 Å². The predicted molar refractivity (Wildman–Crippen MR) is 92.3 cm³/mol. The van der Waals surface area contributed by atoms with Crippen LogP contribution in [0.1, 0.15) is 30.4 Å². The number of amides is 2. The minimum absolute atomic E-state index is 0.0841. The number of nitrogens with one attached hydrogen (secondary N) is 3. The van der Waals surface area contributed by atoms with E-state index in [2.05, 4.69) is 40.2 Å². The second-order valence-corrected chi connectivity index (χ2v) is 7.13. The number of fused-ring (bicyclic) bond motifs is 3. The van der Waals surface area contributed by atoms with Gasteiger partial charge in [0.15, 0.2) is 0 Å². The molecule has 1 saturated carbocycles. The number of anilines is 1. The van der Waals surface area contributed by atoms with Crippen molar-refractivity contribution >= 4 is 11.7 Å². The lowest BCUT2D eigenvalue weighted by Gasteiger charge is -2.38. The zero-order chi connectivity index (χ0) is 15.6. The summed E-state index contributed by atoms with van der Waals surface area (Å²) in [4.78, 5) is 12.2. The Bertz CT molecular complexity index is 625. The van der Waals surface area contributed by atoms with E-state index in [0.717, 1.165) is 37.7 Å². The zero-order valence-corrected chi connectivity index (χ0v) is 13.5. The number of rotatable bonds is 3. The molecule has 1 aromatic rings. The number of hydrogen-bond acceptors (Lipinski definition) is 2. The van der Waals surface area contributed by atoms with E-state index in [4.69, 9.17) is 0 Å². The van der Waals surface area contributed by atoms with Crippen LogP contribution < -0.4 is 16.0 Å². The van der Waals surface area contributed by atoms with Crippen LogP contribution >= 0.6 is 0 Å². The molecule has 23 heavy (non-hydrogen) atoms. The van der Waals surface area contributed by atoms with Crippen molar-refractivity contribution in [3.63, 3.8) is 0 Å². The van der Waals surface area contributed by atoms with Crippen LogP contribution in [-0.4, -0.2) is 19.1 Å². The smallest absolute Gasteiger partial charge is 0.319 e. The number of urea groups is 1. The second-order valence-electron chi connectivity index (χ2n) is 7.13. The second kappa shape index (κ2) is 6.36. The average Bonchev–Trinajstić information content (AvgIpc) is 2.61. The molecule has 3 unspecified atom stereocenters. The van der Waals surface area contributed by atoms with Gasteiger partial charge < -0.3 is 16.0 Å². The summed E-state index contributed by atoms with van der Waals surface area (Å²) in [6.45, 7) is 2.71. The summed E-state index contributed by atoms with van der Waals surface area (Å²) >= 11 is 0. The molecule has 2 amide bonds. The standard InChI is InChI=1S/C19H25N3O/c23-19(21-12-16-9-13-1-3-14(16)4-2-13)22-18-6-5-15-7-8-20-11-17(15)10-18/h1,3,5-6,10,13-14,16,20H,2,4,7-9,11-12H2,(H2,21,22,23). The summed E-state index contributed by atoms with van der Waals surface area (Å²) in [5.74, 6) is 2.01. The maximum Gasteiger partial charge on any atom is 0.319 e. The van der Waals surface area contributed by atoms with Gasteiger partial charge in [-0.05, 0) is 73.2 Å². The summed E-state index contributed by atoms with van der Waals surface area (Å²) in [5, 5.41) is 9.42. The van der Waals surface area contributed by atoms with Crippen molar-refractivity contribution in [2.24, 2.45) is 17.8 Å². The van der Waals surface area contributed by atoms with Gasteiger partial charge in [0, 0.05) is 18.8 Å². The van der Waals surface area contributed by atoms with Crippen molar-refractivity contribution in [2.45, 2.75) is 32.2 Å². The average molecular weight is 311 g/mol. The minimum atomic E-state index is -0.0841. The van der Waals surface area contributed by atoms with Gasteiger partial charge in [-0.1, -0.05) is 18.2 Å². The number of benzene rings is 1. The van der Waals surface area contributed by atoms with Crippen LogP contribution in [0.3, 0.4) is 0 Å². The molecule has 0 saturated heterocycles. The van der Waals surface area contributed by atoms with Crippen LogP contribution in [0.4, 0.5) is 10.5 Å². The quantitative estimate of drug-likeness (QED) is 0.752. The first kappa shape index (κ1) is 14.8. The van der Waals surface area contributed by atoms with Gasteiger partial charge in [-0.2, -0.15) is 0 Å². The van der Waals surface area contributed by atoms with Crippen LogP contribution in [-0.2, 0) is 13.0 Å². The summed E-state index contributed by atoms with van der Waals surface area (Å²) in [6, 6.07) is 6.15. The fourth-order valence-electron chi connectivity index (χ4n) is 4.24. The first-order chi connectivity index (χ1) is 11.3. The Balaban J connectivity index is 1.31. The highest BCUT2D eigenvalue weighted by Crippen LogP contribution is 2.39. The van der Waals surface area contributed by atoms with Gasteiger partial charge in [-0.3, -0.25) is 0 Å². The number of carbonyl (C=O) groups excluding carboxylic acids is 1. The van der Waals surface area contributed by atoms with Crippen LogP contribution in [0.5, 0.6) is 0 Å². The van der Waals surface area contributed by atoms with E-state index in [1.165, 1.54) is 30.4 Å². The molecule has 1 heterocycles. The lowest BCUT2D eigenvalue weighted by Crippen LogP contribution is -2.39. The summed E-state index contributed by atoms with van der Waals surface area (Å²) in [7, 11) is 0. The van der Waals surface area contributed by atoms with E-state index in [9.17, 15) is 4.79 Å². The van der Waals surface area contributed by atoms with E-state index in [-0.39, 0.29) is 6.03 Å². The van der Waals surface area contributed by atoms with E-state index in [1.807, 2.05) is 6.07 Å². The molecule has 3 N–H and O–H groups in total. The number of hydrogen-bond donors (Lipinski definition) is 3. The zero-order valence-electron chi connectivity index (χ0n) is 13.5. The molecule has 5 rings (SSSR count). The Kier molecular flexibility index (Phi) is 4.08. The molecule has 2 bridgehead atoms. The third-order valence-corrected chi connectivity index (χ3v) is 5.59. The van der Waals surface area contributed by atoms with Gasteiger partial charge >= 0.3 is 6.03 Å². The molecule has 0 radical (unpaired) electrons. The van der Waals surface area contributed by atoms with Crippen LogP contribution in [0.15, 0.2) is 30.4 Å².